The van der Waals surface area contributed by atoms with Gasteiger partial charge in [-0.1, -0.05) is 161 Å². The molecular formula is C64H69BN2. The third-order valence-corrected chi connectivity index (χ3v) is 16.7. The van der Waals surface area contributed by atoms with E-state index in [-0.39, 0.29) is 33.8 Å². The normalized spacial score (nSPS) is 18.9. The van der Waals surface area contributed by atoms with Crippen molar-refractivity contribution in [3.8, 4) is 22.3 Å². The maximum Gasteiger partial charge on any atom is 0.252 e. The van der Waals surface area contributed by atoms with Crippen molar-refractivity contribution in [2.24, 2.45) is 0 Å². The largest absolute Gasteiger partial charge is 0.311 e. The first kappa shape index (κ1) is 40.3. The van der Waals surface area contributed by atoms with Gasteiger partial charge in [-0.15, -0.1) is 0 Å². The molecule has 7 aromatic carbocycles. The molecule has 67 heavy (non-hydrogen) atoms. The standard InChI is InChI=1S/C64H69BN2/c1-40-32-57-59-58(33-40)67(54-27-25-45(60(3,4)5)35-46(54)43-22-18-15-19-23-43)56-39-50-48(62(8,9)29-31-64(50,12)13)37-52(56)65(59)51-36-47-49(63(10,11)30-28-61(47,6)7)38-55(51)66(57)53-26-24-44(34-41(53)2)42-20-16-14-17-21-42/h14-27,32-39H,28-31H2,1-13H3/i1D3. The number of hydrogen-bond donors (Lipinski definition) is 0. The molecule has 0 atom stereocenters. The highest BCUT2D eigenvalue weighted by Crippen LogP contribution is 2.54. The quantitative estimate of drug-likeness (QED) is 0.163. The molecule has 0 saturated heterocycles. The Morgan fingerprint density at radius 2 is 0.925 bits per heavy atom. The molecule has 0 spiro atoms. The molecule has 2 heterocycles. The summed E-state index contributed by atoms with van der Waals surface area (Å²) in [6, 6.07) is 49.6. The van der Waals surface area contributed by atoms with Crippen LogP contribution in [0.15, 0.2) is 133 Å². The molecule has 0 bridgehead atoms. The first-order valence-corrected chi connectivity index (χ1v) is 24.9. The minimum Gasteiger partial charge on any atom is -0.311 e. The van der Waals surface area contributed by atoms with Crippen LogP contribution in [0.4, 0.5) is 34.1 Å². The van der Waals surface area contributed by atoms with Gasteiger partial charge in [0.2, 0.25) is 0 Å². The third kappa shape index (κ3) is 6.88. The highest BCUT2D eigenvalue weighted by Gasteiger charge is 2.49. The van der Waals surface area contributed by atoms with Gasteiger partial charge >= 0.3 is 0 Å². The fourth-order valence-electron chi connectivity index (χ4n) is 12.4. The highest BCUT2D eigenvalue weighted by molar-refractivity contribution is 7.00. The summed E-state index contributed by atoms with van der Waals surface area (Å²) in [7, 11) is 0. The number of anilines is 6. The Morgan fingerprint density at radius 3 is 1.40 bits per heavy atom. The lowest BCUT2D eigenvalue weighted by Gasteiger charge is -2.49. The molecule has 0 radical (unpaired) electrons. The van der Waals surface area contributed by atoms with Gasteiger partial charge in [0.15, 0.2) is 0 Å². The Bertz CT molecular complexity index is 3260. The molecule has 4 aliphatic rings. The lowest BCUT2D eigenvalue weighted by atomic mass is 9.32. The molecule has 0 N–H and O–H groups in total. The Balaban J connectivity index is 1.31. The fourth-order valence-corrected chi connectivity index (χ4v) is 12.4. The van der Waals surface area contributed by atoms with E-state index in [9.17, 15) is 4.11 Å². The topological polar surface area (TPSA) is 6.48 Å². The van der Waals surface area contributed by atoms with E-state index in [1.807, 2.05) is 12.1 Å². The van der Waals surface area contributed by atoms with E-state index in [0.717, 1.165) is 87.5 Å². The van der Waals surface area contributed by atoms with Crippen LogP contribution in [0, 0.1) is 13.8 Å². The lowest BCUT2D eigenvalue weighted by Crippen LogP contribution is -2.62. The average molecular weight is 880 g/mol. The number of aryl methyl sites for hydroxylation is 2. The zero-order chi connectivity index (χ0) is 49.7. The van der Waals surface area contributed by atoms with Gasteiger partial charge in [0.05, 0.1) is 5.69 Å². The summed E-state index contributed by atoms with van der Waals surface area (Å²) in [5, 5.41) is 0. The lowest BCUT2D eigenvalue weighted by molar-refractivity contribution is 0.332. The summed E-state index contributed by atoms with van der Waals surface area (Å²) in [5.41, 5.74) is 22.6. The van der Waals surface area contributed by atoms with Crippen molar-refractivity contribution >= 4 is 57.2 Å². The maximum absolute atomic E-state index is 9.24. The highest BCUT2D eigenvalue weighted by atomic mass is 15.2. The van der Waals surface area contributed by atoms with E-state index in [1.165, 1.54) is 44.3 Å². The van der Waals surface area contributed by atoms with Gasteiger partial charge in [0.1, 0.15) is 0 Å². The third-order valence-electron chi connectivity index (χ3n) is 16.7. The van der Waals surface area contributed by atoms with E-state index >= 15 is 0 Å². The SMILES string of the molecule is [2H]C([2H])([2H])c1cc2c3c(c1)N(c1ccc(C(C)(C)C)cc1-c1ccccc1)c1cc4c(cc1B3c1cc3c(cc1N2c1ccc(-c2ccccc2)cc1C)C(C)(C)CCC3(C)C)C(C)(C)CCC4(C)C. The first-order chi connectivity index (χ1) is 32.9. The Morgan fingerprint density at radius 1 is 0.463 bits per heavy atom. The van der Waals surface area contributed by atoms with Gasteiger partial charge in [0, 0.05) is 38.1 Å². The van der Waals surface area contributed by atoms with E-state index in [1.54, 1.807) is 0 Å². The van der Waals surface area contributed by atoms with Crippen molar-refractivity contribution in [1.82, 2.24) is 0 Å². The number of benzene rings is 7. The van der Waals surface area contributed by atoms with Gasteiger partial charge in [-0.2, -0.15) is 0 Å². The molecule has 3 heteroatoms. The summed E-state index contributed by atoms with van der Waals surface area (Å²) in [6.45, 7) is 25.9. The van der Waals surface area contributed by atoms with Crippen LogP contribution in [0.25, 0.3) is 22.3 Å². The molecule has 2 aliphatic carbocycles. The van der Waals surface area contributed by atoms with Crippen LogP contribution in [0.5, 0.6) is 0 Å². The Hall–Kier alpha value is -5.80. The molecule has 0 saturated carbocycles. The van der Waals surface area contributed by atoms with Crippen molar-refractivity contribution in [2.75, 3.05) is 9.80 Å². The Kier molecular flexibility index (Phi) is 8.93. The molecule has 338 valence electrons. The zero-order valence-electron chi connectivity index (χ0n) is 45.0. The monoisotopic (exact) mass is 880 g/mol. The second-order valence-corrected chi connectivity index (χ2v) is 24.2. The van der Waals surface area contributed by atoms with E-state index in [4.69, 9.17) is 0 Å². The molecule has 0 unspecified atom stereocenters. The summed E-state index contributed by atoms with van der Waals surface area (Å²) in [4.78, 5) is 4.93. The number of rotatable bonds is 4. The van der Waals surface area contributed by atoms with E-state index in [0.29, 0.717) is 5.56 Å². The van der Waals surface area contributed by atoms with Crippen molar-refractivity contribution in [3.05, 3.63) is 172 Å². The Labute approximate surface area is 406 Å². The van der Waals surface area contributed by atoms with Gasteiger partial charge in [-0.05, 0) is 187 Å². The van der Waals surface area contributed by atoms with E-state index in [2.05, 4.69) is 214 Å². The molecule has 2 aliphatic heterocycles. The van der Waals surface area contributed by atoms with Crippen molar-refractivity contribution in [2.45, 2.75) is 143 Å². The van der Waals surface area contributed by atoms with Crippen molar-refractivity contribution in [3.63, 3.8) is 0 Å². The predicted octanol–water partition coefficient (Wildman–Crippen LogP) is 15.7. The first-order valence-electron chi connectivity index (χ1n) is 26.4. The molecule has 2 nitrogen and oxygen atoms in total. The van der Waals surface area contributed by atoms with Crippen LogP contribution in [-0.4, -0.2) is 6.71 Å². The number of nitrogens with zero attached hydrogens (tertiary/aromatic N) is 2. The zero-order valence-corrected chi connectivity index (χ0v) is 42.0. The minimum absolute atomic E-state index is 0.0308. The van der Waals surface area contributed by atoms with Crippen LogP contribution in [0.3, 0.4) is 0 Å². The molecule has 7 aromatic rings. The average Bonchev–Trinajstić information content (AvgIpc) is 3.31. The smallest absolute Gasteiger partial charge is 0.252 e. The van der Waals surface area contributed by atoms with Crippen LogP contribution < -0.4 is 26.2 Å². The minimum atomic E-state index is -2.38. The molecule has 11 rings (SSSR count). The van der Waals surface area contributed by atoms with Crippen LogP contribution in [-0.2, 0) is 27.1 Å². The van der Waals surface area contributed by atoms with Gasteiger partial charge in [0.25, 0.3) is 6.71 Å². The summed E-state index contributed by atoms with van der Waals surface area (Å²) < 4.78 is 27.7. The predicted molar refractivity (Wildman–Crippen MR) is 290 cm³/mol. The fraction of sp³-hybridized carbons (Fsp3) is 0.344. The van der Waals surface area contributed by atoms with E-state index < -0.39 is 6.85 Å². The summed E-state index contributed by atoms with van der Waals surface area (Å²) in [5.74, 6) is 0. The summed E-state index contributed by atoms with van der Waals surface area (Å²) in [6.07, 6.45) is 4.40. The van der Waals surface area contributed by atoms with Crippen LogP contribution in [0.2, 0.25) is 0 Å². The van der Waals surface area contributed by atoms with Gasteiger partial charge < -0.3 is 9.80 Å². The molecule has 0 fully saturated rings. The van der Waals surface area contributed by atoms with Crippen LogP contribution in [0.1, 0.15) is 145 Å². The van der Waals surface area contributed by atoms with Crippen molar-refractivity contribution in [1.29, 1.82) is 0 Å². The van der Waals surface area contributed by atoms with Gasteiger partial charge in [-0.25, -0.2) is 0 Å². The van der Waals surface area contributed by atoms with Crippen molar-refractivity contribution < 1.29 is 4.11 Å². The second kappa shape index (κ2) is 14.9. The number of fused-ring (bicyclic) bond motifs is 6. The summed E-state index contributed by atoms with van der Waals surface area (Å²) >= 11 is 0. The number of hydrogen-bond acceptors (Lipinski definition) is 2. The maximum atomic E-state index is 9.24. The van der Waals surface area contributed by atoms with Gasteiger partial charge in [-0.3, -0.25) is 0 Å². The molecular weight excluding hydrogens is 808 g/mol. The molecule has 0 aromatic heterocycles. The molecule has 0 amide bonds. The van der Waals surface area contributed by atoms with Crippen LogP contribution >= 0.6 is 0 Å². The second-order valence-electron chi connectivity index (χ2n) is 24.2.